The number of hydrogen-bond acceptors (Lipinski definition) is 2. The Kier molecular flexibility index (Phi) is 6.33. The summed E-state index contributed by atoms with van der Waals surface area (Å²) in [6.07, 6.45) is 3.50. The highest BCUT2D eigenvalue weighted by Crippen LogP contribution is 2.03. The maximum Gasteiger partial charge on any atom is 0.211 e. The summed E-state index contributed by atoms with van der Waals surface area (Å²) in [5.41, 5.74) is 0. The molecule has 0 aromatic rings. The van der Waals surface area contributed by atoms with Gasteiger partial charge in [0.05, 0.1) is 5.75 Å². The van der Waals surface area contributed by atoms with Crippen LogP contribution in [0.25, 0.3) is 0 Å². The SMILES string of the molecule is CCCC(CC)NS(=O)(=O)CCC. The van der Waals surface area contributed by atoms with E-state index >= 15 is 0 Å². The van der Waals surface area contributed by atoms with E-state index in [0.29, 0.717) is 6.42 Å². The monoisotopic (exact) mass is 207 g/mol. The summed E-state index contributed by atoms with van der Waals surface area (Å²) < 4.78 is 25.4. The standard InChI is InChI=1S/C9H21NO2S/c1-4-7-9(6-3)10-13(11,12)8-5-2/h9-10H,4-8H2,1-3H3. The van der Waals surface area contributed by atoms with Gasteiger partial charge in [0.2, 0.25) is 10.0 Å². The third-order valence-corrected chi connectivity index (χ3v) is 3.59. The highest BCUT2D eigenvalue weighted by molar-refractivity contribution is 7.89. The molecule has 0 bridgehead atoms. The molecule has 4 heteroatoms. The highest BCUT2D eigenvalue weighted by atomic mass is 32.2. The molecule has 13 heavy (non-hydrogen) atoms. The first kappa shape index (κ1) is 12.9. The Morgan fingerprint density at radius 1 is 1.15 bits per heavy atom. The molecule has 0 saturated carbocycles. The van der Waals surface area contributed by atoms with E-state index in [9.17, 15) is 8.42 Å². The Hall–Kier alpha value is -0.0900. The zero-order valence-electron chi connectivity index (χ0n) is 8.84. The van der Waals surface area contributed by atoms with Crippen LogP contribution in [-0.4, -0.2) is 20.2 Å². The molecule has 1 N–H and O–H groups in total. The molecule has 0 amide bonds. The molecule has 80 valence electrons. The third kappa shape index (κ3) is 6.05. The predicted molar refractivity (Wildman–Crippen MR) is 56.2 cm³/mol. The van der Waals surface area contributed by atoms with Crippen molar-refractivity contribution < 1.29 is 8.42 Å². The fourth-order valence-corrected chi connectivity index (χ4v) is 2.72. The van der Waals surface area contributed by atoms with Crippen molar-refractivity contribution in [2.45, 2.75) is 52.5 Å². The van der Waals surface area contributed by atoms with E-state index in [1.54, 1.807) is 0 Å². The van der Waals surface area contributed by atoms with E-state index in [0.717, 1.165) is 19.3 Å². The average Bonchev–Trinajstić information content (AvgIpc) is 2.03. The largest absolute Gasteiger partial charge is 0.212 e. The quantitative estimate of drug-likeness (QED) is 0.693. The third-order valence-electron chi connectivity index (χ3n) is 1.95. The van der Waals surface area contributed by atoms with Crippen LogP contribution in [0.5, 0.6) is 0 Å². The Balaban J connectivity index is 4.06. The van der Waals surface area contributed by atoms with Crippen LogP contribution in [-0.2, 0) is 10.0 Å². The molecular weight excluding hydrogens is 186 g/mol. The molecule has 0 aromatic carbocycles. The van der Waals surface area contributed by atoms with Crippen LogP contribution >= 0.6 is 0 Å². The number of hydrogen-bond donors (Lipinski definition) is 1. The van der Waals surface area contributed by atoms with Crippen molar-refractivity contribution in [2.24, 2.45) is 0 Å². The van der Waals surface area contributed by atoms with Gasteiger partial charge >= 0.3 is 0 Å². The van der Waals surface area contributed by atoms with Gasteiger partial charge in [0.15, 0.2) is 0 Å². The molecule has 0 aliphatic heterocycles. The van der Waals surface area contributed by atoms with Gasteiger partial charge in [-0.2, -0.15) is 0 Å². The minimum absolute atomic E-state index is 0.126. The van der Waals surface area contributed by atoms with E-state index in [-0.39, 0.29) is 11.8 Å². The number of rotatable bonds is 7. The number of nitrogens with one attached hydrogen (secondary N) is 1. The van der Waals surface area contributed by atoms with Gasteiger partial charge < -0.3 is 0 Å². The first-order valence-corrected chi connectivity index (χ1v) is 6.70. The lowest BCUT2D eigenvalue weighted by atomic mass is 10.1. The highest BCUT2D eigenvalue weighted by Gasteiger charge is 2.14. The smallest absolute Gasteiger partial charge is 0.211 e. The molecule has 0 spiro atoms. The normalized spacial score (nSPS) is 14.4. The van der Waals surface area contributed by atoms with Gasteiger partial charge in [0.1, 0.15) is 0 Å². The molecule has 0 rings (SSSR count). The summed E-state index contributed by atoms with van der Waals surface area (Å²) >= 11 is 0. The average molecular weight is 207 g/mol. The van der Waals surface area contributed by atoms with Crippen molar-refractivity contribution in [3.63, 3.8) is 0 Å². The lowest BCUT2D eigenvalue weighted by molar-refractivity contribution is 0.512. The fourth-order valence-electron chi connectivity index (χ4n) is 1.28. The molecule has 0 aromatic heterocycles. The second-order valence-corrected chi connectivity index (χ2v) is 5.20. The van der Waals surface area contributed by atoms with Crippen LogP contribution in [0.4, 0.5) is 0 Å². The molecule has 0 aliphatic rings. The van der Waals surface area contributed by atoms with E-state index in [2.05, 4.69) is 11.6 Å². The maximum atomic E-state index is 11.4. The van der Waals surface area contributed by atoms with Gasteiger partial charge in [-0.3, -0.25) is 0 Å². The van der Waals surface area contributed by atoms with Crippen molar-refractivity contribution in [1.29, 1.82) is 0 Å². The Morgan fingerprint density at radius 3 is 2.15 bits per heavy atom. The number of sulfonamides is 1. The van der Waals surface area contributed by atoms with Crippen molar-refractivity contribution in [1.82, 2.24) is 4.72 Å². The Bertz CT molecular complexity index is 212. The first-order chi connectivity index (χ1) is 6.05. The van der Waals surface area contributed by atoms with Gasteiger partial charge in [-0.25, -0.2) is 13.1 Å². The van der Waals surface area contributed by atoms with Crippen molar-refractivity contribution >= 4 is 10.0 Å². The molecule has 0 radical (unpaired) electrons. The zero-order chi connectivity index (χ0) is 10.3. The van der Waals surface area contributed by atoms with Crippen LogP contribution < -0.4 is 4.72 Å². The minimum Gasteiger partial charge on any atom is -0.212 e. The summed E-state index contributed by atoms with van der Waals surface area (Å²) in [5.74, 6) is 0.243. The van der Waals surface area contributed by atoms with E-state index in [4.69, 9.17) is 0 Å². The van der Waals surface area contributed by atoms with Crippen LogP contribution in [0.1, 0.15) is 46.5 Å². The summed E-state index contributed by atoms with van der Waals surface area (Å²) in [6, 6.07) is 0.126. The van der Waals surface area contributed by atoms with Crippen molar-refractivity contribution in [3.05, 3.63) is 0 Å². The van der Waals surface area contributed by atoms with Crippen LogP contribution in [0.3, 0.4) is 0 Å². The first-order valence-electron chi connectivity index (χ1n) is 5.05. The predicted octanol–water partition coefficient (Wildman–Crippen LogP) is 1.89. The molecule has 3 nitrogen and oxygen atoms in total. The Labute approximate surface area is 82.0 Å². The molecule has 1 atom stereocenters. The molecule has 0 saturated heterocycles. The summed E-state index contributed by atoms with van der Waals surface area (Å²) in [6.45, 7) is 5.95. The Morgan fingerprint density at radius 2 is 1.77 bits per heavy atom. The van der Waals surface area contributed by atoms with Gasteiger partial charge in [0, 0.05) is 6.04 Å². The summed E-state index contributed by atoms with van der Waals surface area (Å²) in [4.78, 5) is 0. The summed E-state index contributed by atoms with van der Waals surface area (Å²) in [5, 5.41) is 0. The van der Waals surface area contributed by atoms with Gasteiger partial charge in [0.25, 0.3) is 0 Å². The zero-order valence-corrected chi connectivity index (χ0v) is 9.65. The molecule has 0 fully saturated rings. The maximum absolute atomic E-state index is 11.4. The van der Waals surface area contributed by atoms with E-state index in [1.807, 2.05) is 13.8 Å². The van der Waals surface area contributed by atoms with Gasteiger partial charge in [-0.05, 0) is 19.3 Å². The molecule has 0 aliphatic carbocycles. The van der Waals surface area contributed by atoms with Crippen LogP contribution in [0.15, 0.2) is 0 Å². The van der Waals surface area contributed by atoms with Gasteiger partial charge in [-0.1, -0.05) is 27.2 Å². The topological polar surface area (TPSA) is 46.2 Å². The second kappa shape index (κ2) is 6.38. The van der Waals surface area contributed by atoms with E-state index in [1.165, 1.54) is 0 Å². The van der Waals surface area contributed by atoms with Crippen molar-refractivity contribution in [2.75, 3.05) is 5.75 Å². The second-order valence-electron chi connectivity index (χ2n) is 3.33. The molecule has 0 heterocycles. The van der Waals surface area contributed by atoms with E-state index < -0.39 is 10.0 Å². The van der Waals surface area contributed by atoms with Crippen molar-refractivity contribution in [3.8, 4) is 0 Å². The van der Waals surface area contributed by atoms with Gasteiger partial charge in [-0.15, -0.1) is 0 Å². The lowest BCUT2D eigenvalue weighted by Crippen LogP contribution is -2.35. The van der Waals surface area contributed by atoms with Crippen LogP contribution in [0, 0.1) is 0 Å². The lowest BCUT2D eigenvalue weighted by Gasteiger charge is -2.15. The minimum atomic E-state index is -3.02. The van der Waals surface area contributed by atoms with Crippen LogP contribution in [0.2, 0.25) is 0 Å². The molecule has 1 unspecified atom stereocenters. The summed E-state index contributed by atoms with van der Waals surface area (Å²) in [7, 11) is -3.02. The molecular formula is C9H21NO2S. The fraction of sp³-hybridized carbons (Fsp3) is 1.00.